The number of rotatable bonds is 6. The van der Waals surface area contributed by atoms with Crippen LogP contribution < -0.4 is 9.64 Å². The topological polar surface area (TPSA) is 51.1 Å². The van der Waals surface area contributed by atoms with Crippen LogP contribution in [0.3, 0.4) is 0 Å². The van der Waals surface area contributed by atoms with Gasteiger partial charge in [-0.3, -0.25) is 4.98 Å². The van der Waals surface area contributed by atoms with Crippen molar-refractivity contribution in [1.82, 2.24) is 15.0 Å². The van der Waals surface area contributed by atoms with Crippen LogP contribution in [0.1, 0.15) is 50.2 Å². The fourth-order valence-electron chi connectivity index (χ4n) is 2.69. The van der Waals surface area contributed by atoms with Crippen LogP contribution >= 0.6 is 0 Å². The lowest BCUT2D eigenvalue weighted by atomic mass is 10.1. The summed E-state index contributed by atoms with van der Waals surface area (Å²) in [6.45, 7) is 8.39. The van der Waals surface area contributed by atoms with Gasteiger partial charge in [0.05, 0.1) is 29.8 Å². The fraction of sp³-hybridized carbons (Fsp3) is 0.526. The maximum absolute atomic E-state index is 5.53. The molecule has 5 nitrogen and oxygen atoms in total. The third-order valence-electron chi connectivity index (χ3n) is 3.95. The molecule has 2 aromatic heterocycles. The first kappa shape index (κ1) is 18.2. The van der Waals surface area contributed by atoms with Gasteiger partial charge in [0, 0.05) is 19.8 Å². The second-order valence-corrected chi connectivity index (χ2v) is 6.52. The van der Waals surface area contributed by atoms with Crippen molar-refractivity contribution in [2.75, 3.05) is 26.1 Å². The molecule has 2 heterocycles. The summed E-state index contributed by atoms with van der Waals surface area (Å²) < 4.78 is 5.53. The van der Waals surface area contributed by atoms with E-state index in [-0.39, 0.29) is 0 Å². The molecule has 0 spiro atoms. The van der Waals surface area contributed by atoms with Gasteiger partial charge in [-0.15, -0.1) is 0 Å². The normalized spacial score (nSPS) is 11.0. The fourth-order valence-corrected chi connectivity index (χ4v) is 2.69. The zero-order valence-corrected chi connectivity index (χ0v) is 15.8. The lowest BCUT2D eigenvalue weighted by molar-refractivity contribution is 0.397. The first-order valence-corrected chi connectivity index (χ1v) is 8.49. The van der Waals surface area contributed by atoms with Crippen molar-refractivity contribution in [1.29, 1.82) is 0 Å². The Morgan fingerprint density at radius 2 is 1.83 bits per heavy atom. The summed E-state index contributed by atoms with van der Waals surface area (Å²) in [5, 5.41) is 0. The van der Waals surface area contributed by atoms with Crippen molar-refractivity contribution in [3.05, 3.63) is 29.2 Å². The molecule has 0 N–H and O–H groups in total. The van der Waals surface area contributed by atoms with Gasteiger partial charge in [0.1, 0.15) is 0 Å². The Morgan fingerprint density at radius 1 is 1.12 bits per heavy atom. The minimum absolute atomic E-state index is 0.351. The lowest BCUT2D eigenvalue weighted by Crippen LogP contribution is -2.16. The molecule has 0 atom stereocenters. The minimum Gasteiger partial charge on any atom is -0.480 e. The monoisotopic (exact) mass is 328 g/mol. The molecule has 5 heteroatoms. The summed E-state index contributed by atoms with van der Waals surface area (Å²) in [5.41, 5.74) is 4.67. The highest BCUT2D eigenvalue weighted by Gasteiger charge is 2.18. The summed E-state index contributed by atoms with van der Waals surface area (Å²) >= 11 is 0. The van der Waals surface area contributed by atoms with Crippen molar-refractivity contribution in [3.63, 3.8) is 0 Å². The van der Waals surface area contributed by atoms with Gasteiger partial charge in [0.15, 0.2) is 5.82 Å². The predicted octanol–water partition coefficient (Wildman–Crippen LogP) is 4.00. The maximum Gasteiger partial charge on any atom is 0.222 e. The van der Waals surface area contributed by atoms with Crippen LogP contribution in [-0.4, -0.2) is 36.2 Å². The number of aryl methyl sites for hydroxylation is 2. The molecule has 130 valence electrons. The second kappa shape index (κ2) is 7.60. The van der Waals surface area contributed by atoms with Gasteiger partial charge < -0.3 is 9.64 Å². The molecule has 0 unspecified atom stereocenters. The Morgan fingerprint density at radius 3 is 2.38 bits per heavy atom. The molecule has 0 aliphatic heterocycles. The molecule has 24 heavy (non-hydrogen) atoms. The maximum atomic E-state index is 5.53. The zero-order chi connectivity index (χ0) is 17.9. The Kier molecular flexibility index (Phi) is 5.75. The van der Waals surface area contributed by atoms with E-state index in [9.17, 15) is 0 Å². The average Bonchev–Trinajstić information content (AvgIpc) is 2.54. The van der Waals surface area contributed by atoms with Gasteiger partial charge in [-0.1, -0.05) is 27.2 Å². The highest BCUT2D eigenvalue weighted by atomic mass is 16.5. The molecular formula is C19H28N4O. The Hall–Kier alpha value is -2.17. The van der Waals surface area contributed by atoms with Gasteiger partial charge in [-0.25, -0.2) is 9.97 Å². The number of methoxy groups -OCH3 is 1. The molecule has 0 radical (unpaired) electrons. The van der Waals surface area contributed by atoms with E-state index in [0.717, 1.165) is 47.0 Å². The molecule has 0 bridgehead atoms. The number of hydrogen-bond donors (Lipinski definition) is 0. The first-order valence-electron chi connectivity index (χ1n) is 8.49. The molecule has 0 aliphatic carbocycles. The van der Waals surface area contributed by atoms with E-state index < -0.39 is 0 Å². The summed E-state index contributed by atoms with van der Waals surface area (Å²) in [5.74, 6) is 1.86. The number of pyridine rings is 1. The van der Waals surface area contributed by atoms with E-state index >= 15 is 0 Å². The van der Waals surface area contributed by atoms with Crippen molar-refractivity contribution in [3.8, 4) is 17.1 Å². The Balaban J connectivity index is 2.61. The van der Waals surface area contributed by atoms with E-state index in [1.54, 1.807) is 7.11 Å². The number of nitrogens with zero attached hydrogens (tertiary/aromatic N) is 4. The van der Waals surface area contributed by atoms with E-state index in [1.807, 2.05) is 38.1 Å². The highest BCUT2D eigenvalue weighted by Crippen LogP contribution is 2.32. The number of hydrogen-bond acceptors (Lipinski definition) is 5. The molecule has 0 fully saturated rings. The van der Waals surface area contributed by atoms with Crippen molar-refractivity contribution < 1.29 is 4.74 Å². The molecule has 2 aromatic rings. The number of anilines is 1. The molecule has 0 saturated heterocycles. The standard InChI is InChI=1S/C19H28N4O/c1-8-9-16-18(23(5)6)22-17(13(4)20-16)14-10-11-15(12(2)3)21-19(14)24-7/h10-12H,8-9H2,1-7H3. The predicted molar refractivity (Wildman–Crippen MR) is 99.0 cm³/mol. The molecule has 2 rings (SSSR count). The van der Waals surface area contributed by atoms with Crippen LogP contribution in [0.4, 0.5) is 5.82 Å². The smallest absolute Gasteiger partial charge is 0.222 e. The third kappa shape index (κ3) is 3.66. The molecule has 0 aromatic carbocycles. The lowest BCUT2D eigenvalue weighted by Gasteiger charge is -2.19. The highest BCUT2D eigenvalue weighted by molar-refractivity contribution is 5.69. The largest absolute Gasteiger partial charge is 0.480 e. The van der Waals surface area contributed by atoms with Crippen LogP contribution in [0.15, 0.2) is 12.1 Å². The van der Waals surface area contributed by atoms with Crippen LogP contribution in [-0.2, 0) is 6.42 Å². The van der Waals surface area contributed by atoms with Gasteiger partial charge in [-0.05, 0) is 31.4 Å². The van der Waals surface area contributed by atoms with E-state index in [2.05, 4.69) is 25.8 Å². The van der Waals surface area contributed by atoms with Crippen LogP contribution in [0.25, 0.3) is 11.3 Å². The van der Waals surface area contributed by atoms with E-state index in [0.29, 0.717) is 11.8 Å². The molecule has 0 saturated carbocycles. The average molecular weight is 328 g/mol. The van der Waals surface area contributed by atoms with E-state index in [1.165, 1.54) is 0 Å². The van der Waals surface area contributed by atoms with Crippen LogP contribution in [0.2, 0.25) is 0 Å². The Labute approximate surface area is 145 Å². The van der Waals surface area contributed by atoms with Gasteiger partial charge in [-0.2, -0.15) is 0 Å². The molecule has 0 amide bonds. The van der Waals surface area contributed by atoms with Crippen molar-refractivity contribution in [2.24, 2.45) is 0 Å². The number of aromatic nitrogens is 3. The first-order chi connectivity index (χ1) is 11.4. The van der Waals surface area contributed by atoms with Crippen molar-refractivity contribution >= 4 is 5.82 Å². The second-order valence-electron chi connectivity index (χ2n) is 6.52. The Bertz CT molecular complexity index is 711. The van der Waals surface area contributed by atoms with Crippen molar-refractivity contribution in [2.45, 2.75) is 46.5 Å². The van der Waals surface area contributed by atoms with E-state index in [4.69, 9.17) is 14.7 Å². The van der Waals surface area contributed by atoms with Gasteiger partial charge in [0.25, 0.3) is 0 Å². The van der Waals surface area contributed by atoms with Crippen LogP contribution in [0.5, 0.6) is 5.88 Å². The summed E-state index contributed by atoms with van der Waals surface area (Å²) in [6, 6.07) is 4.08. The molecular weight excluding hydrogens is 300 g/mol. The quantitative estimate of drug-likeness (QED) is 0.802. The summed E-state index contributed by atoms with van der Waals surface area (Å²) in [4.78, 5) is 16.3. The molecule has 0 aliphatic rings. The number of ether oxygens (including phenoxy) is 1. The van der Waals surface area contributed by atoms with Crippen LogP contribution in [0, 0.1) is 6.92 Å². The zero-order valence-electron chi connectivity index (χ0n) is 15.8. The minimum atomic E-state index is 0.351. The van der Waals surface area contributed by atoms with Gasteiger partial charge in [0.2, 0.25) is 5.88 Å². The van der Waals surface area contributed by atoms with Gasteiger partial charge >= 0.3 is 0 Å². The third-order valence-corrected chi connectivity index (χ3v) is 3.95. The summed E-state index contributed by atoms with van der Waals surface area (Å²) in [6.07, 6.45) is 1.96. The SMILES string of the molecule is CCCc1nc(C)c(-c2ccc(C(C)C)nc2OC)nc1N(C)C. The summed E-state index contributed by atoms with van der Waals surface area (Å²) in [7, 11) is 5.65.